The van der Waals surface area contributed by atoms with Gasteiger partial charge in [-0.05, 0) is 20.3 Å². The second kappa shape index (κ2) is 4.41. The van der Waals surface area contributed by atoms with E-state index >= 15 is 0 Å². The summed E-state index contributed by atoms with van der Waals surface area (Å²) in [6, 6.07) is -0.287. The molecule has 5 nitrogen and oxygen atoms in total. The van der Waals surface area contributed by atoms with Crippen molar-refractivity contribution >= 4 is 11.8 Å². The van der Waals surface area contributed by atoms with Gasteiger partial charge in [-0.15, -0.1) is 0 Å². The van der Waals surface area contributed by atoms with Crippen molar-refractivity contribution in [2.24, 2.45) is 0 Å². The van der Waals surface area contributed by atoms with Gasteiger partial charge in [0.2, 0.25) is 11.8 Å². The Kier molecular flexibility index (Phi) is 3.14. The van der Waals surface area contributed by atoms with E-state index in [0.29, 0.717) is 19.6 Å². The maximum atomic E-state index is 12.1. The molecule has 3 atom stereocenters. The molecule has 2 saturated heterocycles. The van der Waals surface area contributed by atoms with Crippen LogP contribution in [-0.4, -0.2) is 48.1 Å². The molecule has 0 aromatic carbocycles. The van der Waals surface area contributed by atoms with Crippen LogP contribution in [0.1, 0.15) is 26.7 Å². The molecule has 90 valence electrons. The molecule has 3 unspecified atom stereocenters. The first-order valence-electron chi connectivity index (χ1n) is 5.81. The van der Waals surface area contributed by atoms with Crippen molar-refractivity contribution in [2.45, 2.75) is 44.9 Å². The third-order valence-electron chi connectivity index (χ3n) is 3.35. The van der Waals surface area contributed by atoms with Crippen LogP contribution >= 0.6 is 0 Å². The van der Waals surface area contributed by atoms with Crippen LogP contribution in [-0.2, 0) is 14.3 Å². The molecule has 0 aliphatic carbocycles. The van der Waals surface area contributed by atoms with Crippen molar-refractivity contribution in [1.82, 2.24) is 10.2 Å². The molecule has 0 saturated carbocycles. The SMILES string of the molecule is CC1NC(=O)CCN(C2CCOC2C)C1=O. The van der Waals surface area contributed by atoms with Crippen LogP contribution < -0.4 is 5.32 Å². The lowest BCUT2D eigenvalue weighted by atomic mass is 10.1. The van der Waals surface area contributed by atoms with Crippen molar-refractivity contribution < 1.29 is 14.3 Å². The van der Waals surface area contributed by atoms with E-state index in [0.717, 1.165) is 6.42 Å². The van der Waals surface area contributed by atoms with Gasteiger partial charge in [-0.25, -0.2) is 0 Å². The number of rotatable bonds is 1. The molecular formula is C11H18N2O3. The fourth-order valence-corrected chi connectivity index (χ4v) is 2.42. The van der Waals surface area contributed by atoms with E-state index in [1.165, 1.54) is 0 Å². The summed E-state index contributed by atoms with van der Waals surface area (Å²) < 4.78 is 5.47. The van der Waals surface area contributed by atoms with E-state index in [-0.39, 0.29) is 24.0 Å². The number of hydrogen-bond donors (Lipinski definition) is 1. The summed E-state index contributed by atoms with van der Waals surface area (Å²) in [5, 5.41) is 2.69. The molecule has 0 bridgehead atoms. The number of ether oxygens (including phenoxy) is 1. The summed E-state index contributed by atoms with van der Waals surface area (Å²) in [7, 11) is 0. The second-order valence-electron chi connectivity index (χ2n) is 4.50. The van der Waals surface area contributed by atoms with Gasteiger partial charge in [0.05, 0.1) is 12.1 Å². The Labute approximate surface area is 95.1 Å². The summed E-state index contributed by atoms with van der Waals surface area (Å²) in [5.41, 5.74) is 0. The van der Waals surface area contributed by atoms with Gasteiger partial charge in [0.1, 0.15) is 6.04 Å². The molecule has 2 aliphatic heterocycles. The third-order valence-corrected chi connectivity index (χ3v) is 3.35. The summed E-state index contributed by atoms with van der Waals surface area (Å²) in [4.78, 5) is 25.2. The first-order chi connectivity index (χ1) is 7.59. The maximum absolute atomic E-state index is 12.1. The Morgan fingerprint density at radius 1 is 1.38 bits per heavy atom. The molecule has 2 rings (SSSR count). The first-order valence-corrected chi connectivity index (χ1v) is 5.81. The number of amides is 2. The number of nitrogens with zero attached hydrogens (tertiary/aromatic N) is 1. The largest absolute Gasteiger partial charge is 0.376 e. The van der Waals surface area contributed by atoms with E-state index < -0.39 is 6.04 Å². The normalized spacial score (nSPS) is 36.1. The lowest BCUT2D eigenvalue weighted by Gasteiger charge is -2.30. The number of hydrogen-bond acceptors (Lipinski definition) is 3. The minimum absolute atomic E-state index is 0.00759. The lowest BCUT2D eigenvalue weighted by molar-refractivity contribution is -0.136. The van der Waals surface area contributed by atoms with Crippen LogP contribution in [0.4, 0.5) is 0 Å². The van der Waals surface area contributed by atoms with E-state index in [2.05, 4.69) is 5.32 Å². The highest BCUT2D eigenvalue weighted by atomic mass is 16.5. The van der Waals surface area contributed by atoms with Gasteiger partial charge >= 0.3 is 0 Å². The van der Waals surface area contributed by atoms with E-state index in [1.807, 2.05) is 6.92 Å². The van der Waals surface area contributed by atoms with E-state index in [4.69, 9.17) is 4.74 Å². The van der Waals surface area contributed by atoms with Crippen LogP contribution in [0.3, 0.4) is 0 Å². The molecule has 2 heterocycles. The monoisotopic (exact) mass is 226 g/mol. The van der Waals surface area contributed by atoms with Crippen LogP contribution in [0.2, 0.25) is 0 Å². The van der Waals surface area contributed by atoms with Crippen LogP contribution in [0.15, 0.2) is 0 Å². The molecule has 0 spiro atoms. The second-order valence-corrected chi connectivity index (χ2v) is 4.50. The fraction of sp³-hybridized carbons (Fsp3) is 0.818. The summed E-state index contributed by atoms with van der Waals surface area (Å²) in [6.45, 7) is 4.92. The predicted molar refractivity (Wildman–Crippen MR) is 57.8 cm³/mol. The van der Waals surface area contributed by atoms with Crippen LogP contribution in [0.5, 0.6) is 0 Å². The van der Waals surface area contributed by atoms with Gasteiger partial charge in [-0.2, -0.15) is 0 Å². The average Bonchev–Trinajstić information content (AvgIpc) is 2.59. The van der Waals surface area contributed by atoms with Gasteiger partial charge < -0.3 is 15.0 Å². The molecule has 1 N–H and O–H groups in total. The Hall–Kier alpha value is -1.10. The fourth-order valence-electron chi connectivity index (χ4n) is 2.42. The molecule has 2 amide bonds. The Balaban J connectivity index is 2.12. The number of carbonyl (C=O) groups is 2. The topological polar surface area (TPSA) is 58.6 Å². The first kappa shape index (κ1) is 11.4. The molecule has 16 heavy (non-hydrogen) atoms. The molecular weight excluding hydrogens is 208 g/mol. The van der Waals surface area contributed by atoms with Gasteiger partial charge in [-0.1, -0.05) is 0 Å². The molecule has 5 heteroatoms. The van der Waals surface area contributed by atoms with Crippen LogP contribution in [0.25, 0.3) is 0 Å². The zero-order valence-corrected chi connectivity index (χ0v) is 9.73. The van der Waals surface area contributed by atoms with Gasteiger partial charge in [-0.3, -0.25) is 9.59 Å². The smallest absolute Gasteiger partial charge is 0.245 e. The van der Waals surface area contributed by atoms with E-state index in [9.17, 15) is 9.59 Å². The van der Waals surface area contributed by atoms with Crippen LogP contribution in [0, 0.1) is 0 Å². The van der Waals surface area contributed by atoms with Crippen molar-refractivity contribution in [2.75, 3.05) is 13.2 Å². The minimum atomic E-state index is -0.414. The summed E-state index contributed by atoms with van der Waals surface area (Å²) >= 11 is 0. The highest BCUT2D eigenvalue weighted by Gasteiger charge is 2.36. The van der Waals surface area contributed by atoms with Crippen molar-refractivity contribution in [3.8, 4) is 0 Å². The molecule has 0 aromatic heterocycles. The third kappa shape index (κ3) is 2.04. The lowest BCUT2D eigenvalue weighted by Crippen LogP contribution is -2.49. The highest BCUT2D eigenvalue weighted by molar-refractivity contribution is 5.89. The summed E-state index contributed by atoms with van der Waals surface area (Å²) in [5.74, 6) is -0.0388. The summed E-state index contributed by atoms with van der Waals surface area (Å²) in [6.07, 6.45) is 1.33. The van der Waals surface area contributed by atoms with Gasteiger partial charge in [0.15, 0.2) is 0 Å². The number of carbonyl (C=O) groups excluding carboxylic acids is 2. The zero-order chi connectivity index (χ0) is 11.7. The van der Waals surface area contributed by atoms with Gasteiger partial charge in [0, 0.05) is 19.6 Å². The molecule has 2 fully saturated rings. The Morgan fingerprint density at radius 2 is 2.12 bits per heavy atom. The molecule has 2 aliphatic rings. The highest BCUT2D eigenvalue weighted by Crippen LogP contribution is 2.21. The van der Waals surface area contributed by atoms with Crippen molar-refractivity contribution in [3.63, 3.8) is 0 Å². The average molecular weight is 226 g/mol. The van der Waals surface area contributed by atoms with E-state index in [1.54, 1.807) is 11.8 Å². The molecule has 0 aromatic rings. The minimum Gasteiger partial charge on any atom is -0.376 e. The zero-order valence-electron chi connectivity index (χ0n) is 9.73. The predicted octanol–water partition coefficient (Wildman–Crippen LogP) is -0.0992. The maximum Gasteiger partial charge on any atom is 0.245 e. The standard InChI is InChI=1S/C11H18N2O3/c1-7-11(15)13(5-3-10(14)12-7)9-4-6-16-8(9)2/h7-9H,3-6H2,1-2H3,(H,12,14). The Bertz CT molecular complexity index is 306. The van der Waals surface area contributed by atoms with Crippen molar-refractivity contribution in [1.29, 1.82) is 0 Å². The van der Waals surface area contributed by atoms with Gasteiger partial charge in [0.25, 0.3) is 0 Å². The quantitative estimate of drug-likeness (QED) is 0.679. The Morgan fingerprint density at radius 3 is 2.75 bits per heavy atom. The van der Waals surface area contributed by atoms with Crippen molar-refractivity contribution in [3.05, 3.63) is 0 Å². The number of nitrogens with one attached hydrogen (secondary N) is 1. The molecule has 0 radical (unpaired) electrons.